The second kappa shape index (κ2) is 59.6. The van der Waals surface area contributed by atoms with Gasteiger partial charge in [0, 0.05) is 19.4 Å². The molecule has 5 heteroatoms. The Hall–Kier alpha value is -3.70. The molecule has 0 aromatic heterocycles. The third kappa shape index (κ3) is 56.9. The second-order valence-electron chi connectivity index (χ2n) is 18.8. The Morgan fingerprint density at radius 1 is 0.329 bits per heavy atom. The van der Waals surface area contributed by atoms with Crippen LogP contribution in [-0.4, -0.2) is 37.9 Å². The molecule has 1 unspecified atom stereocenters. The Morgan fingerprint density at radius 2 is 0.643 bits per heavy atom. The first-order valence-electron chi connectivity index (χ1n) is 29.1. The van der Waals surface area contributed by atoms with Crippen molar-refractivity contribution in [2.45, 2.75) is 258 Å². The summed E-state index contributed by atoms with van der Waals surface area (Å²) in [5.41, 5.74) is 0. The average molecular weight is 970 g/mol. The Kier molecular flexibility index (Phi) is 56.5. The van der Waals surface area contributed by atoms with Gasteiger partial charge in [-0.25, -0.2) is 0 Å². The first-order chi connectivity index (χ1) is 34.6. The molecule has 0 aromatic rings. The van der Waals surface area contributed by atoms with Gasteiger partial charge in [-0.1, -0.05) is 232 Å². The third-order valence-electron chi connectivity index (χ3n) is 12.0. The maximum atomic E-state index is 12.9. The van der Waals surface area contributed by atoms with E-state index < -0.39 is 6.10 Å². The van der Waals surface area contributed by atoms with E-state index >= 15 is 0 Å². The van der Waals surface area contributed by atoms with Crippen molar-refractivity contribution < 1.29 is 23.8 Å². The summed E-state index contributed by atoms with van der Waals surface area (Å²) >= 11 is 0. The van der Waals surface area contributed by atoms with E-state index in [1.54, 1.807) is 0 Å². The van der Waals surface area contributed by atoms with Crippen LogP contribution in [0.1, 0.15) is 252 Å². The van der Waals surface area contributed by atoms with Crippen LogP contribution >= 0.6 is 0 Å². The van der Waals surface area contributed by atoms with Crippen LogP contribution in [0.2, 0.25) is 0 Å². The minimum Gasteiger partial charge on any atom is -0.462 e. The Morgan fingerprint density at radius 3 is 1.03 bits per heavy atom. The number of carbonyl (C=O) groups is 2. The third-order valence-corrected chi connectivity index (χ3v) is 12.0. The fourth-order valence-corrected chi connectivity index (χ4v) is 7.70. The number of ether oxygens (including phenoxy) is 3. The molecule has 0 aliphatic carbocycles. The predicted molar refractivity (Wildman–Crippen MR) is 306 cm³/mol. The zero-order valence-electron chi connectivity index (χ0n) is 45.7. The van der Waals surface area contributed by atoms with E-state index in [9.17, 15) is 9.59 Å². The van der Waals surface area contributed by atoms with Gasteiger partial charge in [0.15, 0.2) is 6.10 Å². The number of unbranched alkanes of at least 4 members (excludes halogenated alkanes) is 21. The van der Waals surface area contributed by atoms with Crippen molar-refractivity contribution in [2.75, 3.05) is 19.8 Å². The van der Waals surface area contributed by atoms with Crippen LogP contribution in [0.25, 0.3) is 0 Å². The first-order valence-corrected chi connectivity index (χ1v) is 29.1. The van der Waals surface area contributed by atoms with Crippen LogP contribution in [0.4, 0.5) is 0 Å². The van der Waals surface area contributed by atoms with E-state index in [0.717, 1.165) is 128 Å². The smallest absolute Gasteiger partial charge is 0.306 e. The lowest BCUT2D eigenvalue weighted by atomic mass is 10.1. The minimum absolute atomic E-state index is 0.0582. The molecule has 0 heterocycles. The van der Waals surface area contributed by atoms with E-state index in [1.807, 2.05) is 0 Å². The number of esters is 2. The molecule has 0 rings (SSSR count). The molecule has 0 saturated heterocycles. The van der Waals surface area contributed by atoms with Crippen LogP contribution in [0.5, 0.6) is 0 Å². The quantitative estimate of drug-likeness (QED) is 0.0345. The van der Waals surface area contributed by atoms with E-state index in [-0.39, 0.29) is 25.2 Å². The van der Waals surface area contributed by atoms with Gasteiger partial charge in [-0.2, -0.15) is 0 Å². The van der Waals surface area contributed by atoms with Crippen LogP contribution in [0, 0.1) is 0 Å². The molecule has 0 aliphatic heterocycles. The molecule has 0 saturated carbocycles. The highest BCUT2D eigenvalue weighted by atomic mass is 16.6. The van der Waals surface area contributed by atoms with Crippen molar-refractivity contribution in [3.8, 4) is 0 Å². The topological polar surface area (TPSA) is 61.8 Å². The zero-order valence-corrected chi connectivity index (χ0v) is 45.7. The van der Waals surface area contributed by atoms with E-state index in [2.05, 4.69) is 142 Å². The van der Waals surface area contributed by atoms with Crippen molar-refractivity contribution in [3.05, 3.63) is 122 Å². The van der Waals surface area contributed by atoms with Crippen LogP contribution < -0.4 is 0 Å². The van der Waals surface area contributed by atoms with Crippen LogP contribution in [0.3, 0.4) is 0 Å². The molecule has 1 atom stereocenters. The molecule has 0 fully saturated rings. The van der Waals surface area contributed by atoms with Crippen molar-refractivity contribution in [2.24, 2.45) is 0 Å². The normalized spacial score (nSPS) is 13.1. The Balaban J connectivity index is 4.38. The van der Waals surface area contributed by atoms with Crippen molar-refractivity contribution in [3.63, 3.8) is 0 Å². The minimum atomic E-state index is -0.568. The van der Waals surface area contributed by atoms with Gasteiger partial charge in [0.1, 0.15) is 6.61 Å². The average Bonchev–Trinajstić information content (AvgIpc) is 3.36. The Bertz CT molecular complexity index is 1420. The van der Waals surface area contributed by atoms with E-state index in [1.165, 1.54) is 89.9 Å². The number of hydrogen-bond acceptors (Lipinski definition) is 5. The largest absolute Gasteiger partial charge is 0.462 e. The maximum Gasteiger partial charge on any atom is 0.306 e. The van der Waals surface area contributed by atoms with Crippen molar-refractivity contribution in [1.29, 1.82) is 0 Å². The SMILES string of the molecule is CC/C=C\C/C=C\C/C=C\C/C=C\CCCCCCCCC(=O)OCC(COCCCCCCCCCC/C=C\C/C=C\CCCCC)OC(=O)CCCCCC/C=C\C/C=C\C/C=C\C/C=C\CC. The highest BCUT2D eigenvalue weighted by Gasteiger charge is 2.17. The second-order valence-corrected chi connectivity index (χ2v) is 18.8. The monoisotopic (exact) mass is 969 g/mol. The lowest BCUT2D eigenvalue weighted by molar-refractivity contribution is -0.163. The first kappa shape index (κ1) is 66.3. The maximum absolute atomic E-state index is 12.9. The zero-order chi connectivity index (χ0) is 50.6. The summed E-state index contributed by atoms with van der Waals surface area (Å²) in [4.78, 5) is 25.5. The van der Waals surface area contributed by atoms with Gasteiger partial charge in [0.2, 0.25) is 0 Å². The summed E-state index contributed by atoms with van der Waals surface area (Å²) in [5, 5.41) is 0. The number of allylic oxidation sites excluding steroid dienone is 20. The van der Waals surface area contributed by atoms with E-state index in [4.69, 9.17) is 14.2 Å². The molecule has 0 aliphatic rings. The summed E-state index contributed by atoms with van der Waals surface area (Å²) in [6.45, 7) is 7.53. The summed E-state index contributed by atoms with van der Waals surface area (Å²) in [6, 6.07) is 0. The molecular formula is C65H108O5. The van der Waals surface area contributed by atoms with Gasteiger partial charge in [-0.15, -0.1) is 0 Å². The van der Waals surface area contributed by atoms with Gasteiger partial charge in [0.25, 0.3) is 0 Å². The lowest BCUT2D eigenvalue weighted by Crippen LogP contribution is -2.30. The number of carbonyl (C=O) groups excluding carboxylic acids is 2. The fourth-order valence-electron chi connectivity index (χ4n) is 7.70. The molecular weight excluding hydrogens is 861 g/mol. The molecule has 0 N–H and O–H groups in total. The molecule has 0 bridgehead atoms. The summed E-state index contributed by atoms with van der Waals surface area (Å²) < 4.78 is 17.5. The highest BCUT2D eigenvalue weighted by molar-refractivity contribution is 5.70. The Labute approximate surface area is 433 Å². The summed E-state index contributed by atoms with van der Waals surface area (Å²) in [6.07, 6.45) is 83.6. The van der Waals surface area contributed by atoms with Gasteiger partial charge < -0.3 is 14.2 Å². The van der Waals surface area contributed by atoms with Crippen LogP contribution in [0.15, 0.2) is 122 Å². The van der Waals surface area contributed by atoms with E-state index in [0.29, 0.717) is 19.4 Å². The number of rotatable bonds is 52. The number of hydrogen-bond donors (Lipinski definition) is 0. The van der Waals surface area contributed by atoms with Gasteiger partial charge >= 0.3 is 11.9 Å². The molecule has 0 radical (unpaired) electrons. The fraction of sp³-hybridized carbons (Fsp3) is 0.662. The molecule has 70 heavy (non-hydrogen) atoms. The summed E-state index contributed by atoms with van der Waals surface area (Å²) in [5.74, 6) is -0.446. The van der Waals surface area contributed by atoms with Gasteiger partial charge in [-0.3, -0.25) is 9.59 Å². The van der Waals surface area contributed by atoms with Gasteiger partial charge in [-0.05, 0) is 128 Å². The highest BCUT2D eigenvalue weighted by Crippen LogP contribution is 2.14. The van der Waals surface area contributed by atoms with Crippen molar-refractivity contribution >= 4 is 11.9 Å². The molecule has 0 spiro atoms. The van der Waals surface area contributed by atoms with Crippen LogP contribution in [-0.2, 0) is 23.8 Å². The molecule has 5 nitrogen and oxygen atoms in total. The predicted octanol–water partition coefficient (Wildman–Crippen LogP) is 20.1. The molecule has 398 valence electrons. The molecule has 0 aromatic carbocycles. The van der Waals surface area contributed by atoms with Gasteiger partial charge in [0.05, 0.1) is 6.61 Å². The summed E-state index contributed by atoms with van der Waals surface area (Å²) in [7, 11) is 0. The van der Waals surface area contributed by atoms with Crippen molar-refractivity contribution in [1.82, 2.24) is 0 Å². The lowest BCUT2D eigenvalue weighted by Gasteiger charge is -2.18. The molecule has 0 amide bonds. The standard InChI is InChI=1S/C65H108O5/c1-4-7-10-13-16-19-22-25-28-31-33-35-37-40-43-46-49-52-55-58-64(66)69-62-63(61-68-60-57-54-51-48-45-42-39-36-32-29-26-23-20-17-14-11-8-5-2)70-65(67)59-56-53-50-47-44-41-38-34-30-27-24-21-18-15-12-9-6-3/h7,9-10,12,16-21,25-30,33,35,38,41,63H,4-6,8,11,13-15,22-24,31-32,34,36-37,39-40,42-62H2,1-3H3/b10-7-,12-9-,19-16-,20-17-,21-18-,28-25-,29-26-,30-27-,35-33-,41-38-.